The SMILES string of the molecule is O=C(NC[C@H]1CCCO1)[C@@H](Cc1ccccc1)N(Cc1ccccc1)C(=O)COc1ccc(S(=O)(=O)N2CCOCC2)cc1. The molecule has 2 atom stereocenters. The Morgan fingerprint density at radius 3 is 2.20 bits per heavy atom. The van der Waals surface area contributed by atoms with Crippen LogP contribution in [0, 0.1) is 0 Å². The van der Waals surface area contributed by atoms with Gasteiger partial charge in [0.15, 0.2) is 6.61 Å². The molecule has 0 saturated carbocycles. The summed E-state index contributed by atoms with van der Waals surface area (Å²) in [5.74, 6) is -0.278. The highest BCUT2D eigenvalue weighted by Gasteiger charge is 2.32. The molecular weight excluding hydrogens is 582 g/mol. The zero-order chi connectivity index (χ0) is 30.8. The van der Waals surface area contributed by atoms with E-state index in [1.165, 1.54) is 28.6 Å². The zero-order valence-corrected chi connectivity index (χ0v) is 25.5. The average molecular weight is 622 g/mol. The summed E-state index contributed by atoms with van der Waals surface area (Å²) in [5, 5.41) is 3.02. The Morgan fingerprint density at radius 2 is 1.57 bits per heavy atom. The van der Waals surface area contributed by atoms with Crippen LogP contribution in [0.1, 0.15) is 24.0 Å². The van der Waals surface area contributed by atoms with Gasteiger partial charge in [0.2, 0.25) is 15.9 Å². The van der Waals surface area contributed by atoms with E-state index in [1.807, 2.05) is 60.7 Å². The number of ether oxygens (including phenoxy) is 3. The number of morpholine rings is 1. The number of rotatable bonds is 13. The van der Waals surface area contributed by atoms with Crippen LogP contribution in [0.15, 0.2) is 89.8 Å². The zero-order valence-electron chi connectivity index (χ0n) is 24.7. The summed E-state index contributed by atoms with van der Waals surface area (Å²) in [7, 11) is -3.65. The quantitative estimate of drug-likeness (QED) is 0.312. The third kappa shape index (κ3) is 8.44. The maximum Gasteiger partial charge on any atom is 0.261 e. The van der Waals surface area contributed by atoms with Crippen LogP contribution in [0.5, 0.6) is 5.75 Å². The van der Waals surface area contributed by atoms with Crippen molar-refractivity contribution < 1.29 is 32.2 Å². The number of carbonyl (C=O) groups is 2. The molecule has 1 N–H and O–H groups in total. The molecule has 2 fully saturated rings. The fraction of sp³-hybridized carbons (Fsp3) is 0.394. The van der Waals surface area contributed by atoms with Crippen molar-refractivity contribution in [3.05, 3.63) is 96.1 Å². The normalized spacial score (nSPS) is 18.0. The number of nitrogens with zero attached hydrogens (tertiary/aromatic N) is 2. The summed E-state index contributed by atoms with van der Waals surface area (Å²) < 4.78 is 44.2. The van der Waals surface area contributed by atoms with Crippen LogP contribution in [-0.2, 0) is 42.1 Å². The molecule has 3 aromatic carbocycles. The monoisotopic (exact) mass is 621 g/mol. The number of amides is 2. The number of hydrogen-bond acceptors (Lipinski definition) is 7. The minimum absolute atomic E-state index is 0.0343. The second-order valence-corrected chi connectivity index (χ2v) is 12.8. The highest BCUT2D eigenvalue weighted by atomic mass is 32.2. The summed E-state index contributed by atoms with van der Waals surface area (Å²) in [6.45, 7) is 2.28. The Kier molecular flexibility index (Phi) is 11.0. The Balaban J connectivity index is 1.32. The van der Waals surface area contributed by atoms with Crippen molar-refractivity contribution in [1.82, 2.24) is 14.5 Å². The molecule has 0 aliphatic carbocycles. The van der Waals surface area contributed by atoms with Crippen molar-refractivity contribution in [2.75, 3.05) is 46.1 Å². The molecule has 0 aromatic heterocycles. The van der Waals surface area contributed by atoms with Crippen LogP contribution in [-0.4, -0.2) is 87.6 Å². The highest BCUT2D eigenvalue weighted by molar-refractivity contribution is 7.89. The molecular formula is C33H39N3O7S. The number of carbonyl (C=O) groups excluding carboxylic acids is 2. The van der Waals surface area contributed by atoms with Gasteiger partial charge in [-0.05, 0) is 48.2 Å². The molecule has 0 spiro atoms. The van der Waals surface area contributed by atoms with Gasteiger partial charge in [-0.2, -0.15) is 4.31 Å². The molecule has 2 amide bonds. The van der Waals surface area contributed by atoms with Gasteiger partial charge >= 0.3 is 0 Å². The van der Waals surface area contributed by atoms with Crippen LogP contribution < -0.4 is 10.1 Å². The third-order valence-electron chi connectivity index (χ3n) is 7.79. The topological polar surface area (TPSA) is 114 Å². The molecule has 5 rings (SSSR count). The molecule has 0 bridgehead atoms. The predicted molar refractivity (Wildman–Crippen MR) is 164 cm³/mol. The van der Waals surface area contributed by atoms with Crippen molar-refractivity contribution in [2.24, 2.45) is 0 Å². The molecule has 3 aromatic rings. The lowest BCUT2D eigenvalue weighted by Gasteiger charge is -2.31. The summed E-state index contributed by atoms with van der Waals surface area (Å²) in [5.41, 5.74) is 1.80. The second kappa shape index (κ2) is 15.3. The van der Waals surface area contributed by atoms with Gasteiger partial charge < -0.3 is 24.4 Å². The van der Waals surface area contributed by atoms with Crippen LogP contribution in [0.3, 0.4) is 0 Å². The first kappa shape index (κ1) is 31.6. The van der Waals surface area contributed by atoms with E-state index in [0.717, 1.165) is 24.0 Å². The van der Waals surface area contributed by atoms with Gasteiger partial charge in [0.05, 0.1) is 24.2 Å². The Labute approximate surface area is 259 Å². The van der Waals surface area contributed by atoms with E-state index < -0.39 is 16.1 Å². The van der Waals surface area contributed by atoms with Gasteiger partial charge in [-0.25, -0.2) is 8.42 Å². The van der Waals surface area contributed by atoms with Gasteiger partial charge in [0.25, 0.3) is 5.91 Å². The summed E-state index contributed by atoms with van der Waals surface area (Å²) in [6, 6.07) is 24.4. The van der Waals surface area contributed by atoms with E-state index in [9.17, 15) is 18.0 Å². The van der Waals surface area contributed by atoms with E-state index in [1.54, 1.807) is 4.90 Å². The van der Waals surface area contributed by atoms with Gasteiger partial charge in [0.1, 0.15) is 11.8 Å². The van der Waals surface area contributed by atoms with Crippen molar-refractivity contribution in [2.45, 2.75) is 42.8 Å². The van der Waals surface area contributed by atoms with E-state index in [2.05, 4.69) is 5.32 Å². The first-order valence-corrected chi connectivity index (χ1v) is 16.4. The molecule has 2 heterocycles. The molecule has 2 aliphatic heterocycles. The largest absolute Gasteiger partial charge is 0.484 e. The molecule has 10 nitrogen and oxygen atoms in total. The predicted octanol–water partition coefficient (Wildman–Crippen LogP) is 3.02. The minimum Gasteiger partial charge on any atom is -0.484 e. The van der Waals surface area contributed by atoms with E-state index in [0.29, 0.717) is 51.6 Å². The minimum atomic E-state index is -3.65. The van der Waals surface area contributed by atoms with Crippen LogP contribution in [0.2, 0.25) is 0 Å². The van der Waals surface area contributed by atoms with Crippen LogP contribution in [0.25, 0.3) is 0 Å². The van der Waals surface area contributed by atoms with Gasteiger partial charge in [-0.3, -0.25) is 9.59 Å². The lowest BCUT2D eigenvalue weighted by atomic mass is 10.0. The van der Waals surface area contributed by atoms with Crippen LogP contribution >= 0.6 is 0 Å². The van der Waals surface area contributed by atoms with Crippen molar-refractivity contribution in [1.29, 1.82) is 0 Å². The fourth-order valence-corrected chi connectivity index (χ4v) is 6.75. The van der Waals surface area contributed by atoms with E-state index in [-0.39, 0.29) is 36.0 Å². The highest BCUT2D eigenvalue weighted by Crippen LogP contribution is 2.21. The molecule has 44 heavy (non-hydrogen) atoms. The van der Waals surface area contributed by atoms with E-state index >= 15 is 0 Å². The lowest BCUT2D eigenvalue weighted by molar-refractivity contribution is -0.143. The number of nitrogens with one attached hydrogen (secondary N) is 1. The molecule has 234 valence electrons. The number of benzene rings is 3. The van der Waals surface area contributed by atoms with Crippen molar-refractivity contribution in [3.63, 3.8) is 0 Å². The molecule has 0 unspecified atom stereocenters. The number of hydrogen-bond donors (Lipinski definition) is 1. The van der Waals surface area contributed by atoms with Crippen molar-refractivity contribution in [3.8, 4) is 5.75 Å². The smallest absolute Gasteiger partial charge is 0.261 e. The fourth-order valence-electron chi connectivity index (χ4n) is 5.34. The van der Waals surface area contributed by atoms with Gasteiger partial charge in [-0.1, -0.05) is 60.7 Å². The van der Waals surface area contributed by atoms with Crippen molar-refractivity contribution >= 4 is 21.8 Å². The van der Waals surface area contributed by atoms with Gasteiger partial charge in [0, 0.05) is 39.2 Å². The molecule has 2 aliphatic rings. The standard InChI is InChI=1S/C33H39N3O7S/c37-32(25-43-28-13-15-30(16-14-28)44(39,40)35-17-20-41-21-18-35)36(24-27-10-5-2-6-11-27)31(22-26-8-3-1-4-9-26)33(38)34-23-29-12-7-19-42-29/h1-6,8-11,13-16,29,31H,7,12,17-25H2,(H,34,38)/t29-,31-/m1/s1. The average Bonchev–Trinajstić information content (AvgIpc) is 3.59. The Hall–Kier alpha value is -3.77. The van der Waals surface area contributed by atoms with E-state index in [4.69, 9.17) is 14.2 Å². The molecule has 0 radical (unpaired) electrons. The summed E-state index contributed by atoms with van der Waals surface area (Å²) >= 11 is 0. The molecule has 2 saturated heterocycles. The lowest BCUT2D eigenvalue weighted by Crippen LogP contribution is -2.52. The summed E-state index contributed by atoms with van der Waals surface area (Å²) in [4.78, 5) is 29.2. The maximum absolute atomic E-state index is 13.8. The Morgan fingerprint density at radius 1 is 0.909 bits per heavy atom. The first-order valence-electron chi connectivity index (χ1n) is 15.0. The Bertz CT molecular complexity index is 1460. The maximum atomic E-state index is 13.8. The van der Waals surface area contributed by atoms with Gasteiger partial charge in [-0.15, -0.1) is 0 Å². The van der Waals surface area contributed by atoms with Crippen LogP contribution in [0.4, 0.5) is 0 Å². The second-order valence-electron chi connectivity index (χ2n) is 10.9. The molecule has 11 heteroatoms. The first-order chi connectivity index (χ1) is 21.4. The third-order valence-corrected chi connectivity index (χ3v) is 9.70. The summed E-state index contributed by atoms with van der Waals surface area (Å²) in [6.07, 6.45) is 2.14. The number of sulfonamides is 1.